The van der Waals surface area contributed by atoms with E-state index in [1.807, 2.05) is 75.4 Å². The molecule has 3 unspecified atom stereocenters. The zero-order chi connectivity index (χ0) is 109. The number of fused-ring (bicyclic) bond motifs is 4. The van der Waals surface area contributed by atoms with Gasteiger partial charge in [-0.1, -0.05) is 246 Å². The van der Waals surface area contributed by atoms with Crippen LogP contribution in [0.4, 0.5) is 27.6 Å². The lowest BCUT2D eigenvalue weighted by Gasteiger charge is -2.38. The summed E-state index contributed by atoms with van der Waals surface area (Å²) in [7, 11) is 0. The molecule has 11 fully saturated rings. The van der Waals surface area contributed by atoms with Crippen LogP contribution in [0.15, 0.2) is 84.9 Å². The van der Waals surface area contributed by atoms with Crippen LogP contribution in [0.2, 0.25) is 0 Å². The van der Waals surface area contributed by atoms with Gasteiger partial charge in [-0.05, 0) is 130 Å². The number of nitrogens with one attached hydrogen (secondary N) is 9. The molecule has 3 aromatic rings. The van der Waals surface area contributed by atoms with Crippen LogP contribution in [0, 0.1) is 92.2 Å². The first-order chi connectivity index (χ1) is 69.7. The largest absolute Gasteiger partial charge is 0.460 e. The van der Waals surface area contributed by atoms with Crippen LogP contribution in [0.5, 0.6) is 0 Å². The van der Waals surface area contributed by atoms with Crippen molar-refractivity contribution in [2.75, 3.05) is 19.6 Å². The van der Waals surface area contributed by atoms with Crippen molar-refractivity contribution in [2.24, 2.45) is 109 Å². The minimum atomic E-state index is -4.85. The monoisotopic (exact) mass is 2160 g/mol. The van der Waals surface area contributed by atoms with Gasteiger partial charge in [-0.15, -0.1) is 46.4 Å². The highest BCUT2D eigenvalue weighted by Gasteiger charge is 2.77. The Morgan fingerprint density at radius 1 is 0.416 bits per heavy atom. The maximum Gasteiger partial charge on any atom is 0.397 e. The van der Waals surface area contributed by atoms with Crippen LogP contribution in [0.1, 0.15) is 228 Å². The summed E-state index contributed by atoms with van der Waals surface area (Å²) in [6.45, 7) is 23.3. The number of alkyl halides is 7. The second-order valence-electron chi connectivity index (χ2n) is 46.8. The molecular formula is C106H142Cl4F3N15O21. The number of ether oxygens (including phenoxy) is 3. The van der Waals surface area contributed by atoms with Gasteiger partial charge >= 0.3 is 42.2 Å². The van der Waals surface area contributed by atoms with Crippen molar-refractivity contribution in [3.63, 3.8) is 0 Å². The average molecular weight is 2160 g/mol. The molecular weight excluding hydrogens is 2020 g/mol. The number of hydrogen-bond acceptors (Lipinski definition) is 21. The Morgan fingerprint density at radius 2 is 0.765 bits per heavy atom. The number of hydrogen-bond donors (Lipinski definition) is 12. The Balaban J connectivity index is 0.000000186. The Bertz CT molecular complexity index is 5540. The molecule has 0 radical (unpaired) electrons. The normalized spacial score (nSPS) is 24.7. The van der Waals surface area contributed by atoms with Crippen molar-refractivity contribution in [1.29, 1.82) is 0 Å². The molecule has 15 rings (SSSR count). The number of Topliss-reactive ketones (excluding diaryl/α,β-unsaturated/α-hetero) is 3. The predicted octanol–water partition coefficient (Wildman–Crippen LogP) is 9.53. The number of ketones is 3. The number of piperidine rings is 3. The number of carbonyl (C=O) groups excluding carboxylic acids is 18. The summed E-state index contributed by atoms with van der Waals surface area (Å²) >= 11 is 25.9. The van der Waals surface area contributed by atoms with Gasteiger partial charge in [-0.2, -0.15) is 13.2 Å². The minimum Gasteiger partial charge on any atom is -0.460 e. The fraction of sp³-hybridized carbons (Fsp3) is 0.660. The summed E-state index contributed by atoms with van der Waals surface area (Å²) in [6.07, 6.45) is 7.57. The Morgan fingerprint density at radius 3 is 1.11 bits per heavy atom. The summed E-state index contributed by atoms with van der Waals surface area (Å²) in [4.78, 5) is 242. The van der Waals surface area contributed by atoms with Crippen molar-refractivity contribution in [1.82, 2.24) is 62.6 Å². The molecule has 149 heavy (non-hydrogen) atoms. The molecule has 3 heterocycles. The molecule has 15 amide bonds. The third-order valence-electron chi connectivity index (χ3n) is 32.2. The third kappa shape index (κ3) is 26.9. The second kappa shape index (κ2) is 45.9. The topological polar surface area (TPSA) is 531 Å². The minimum absolute atomic E-state index is 0.0479. The molecule has 3 saturated heterocycles. The van der Waals surface area contributed by atoms with E-state index in [0.29, 0.717) is 31.4 Å². The summed E-state index contributed by atoms with van der Waals surface area (Å²) in [5.41, 5.74) is 14.1. The zero-order valence-electron chi connectivity index (χ0n) is 86.4. The van der Waals surface area contributed by atoms with E-state index in [4.69, 9.17) is 77.8 Å². The number of halogens is 7. The molecule has 0 bridgehead atoms. The van der Waals surface area contributed by atoms with Crippen LogP contribution in [0.3, 0.4) is 0 Å². The van der Waals surface area contributed by atoms with Gasteiger partial charge in [0.2, 0.25) is 52.8 Å². The molecule has 816 valence electrons. The van der Waals surface area contributed by atoms with Crippen molar-refractivity contribution < 1.29 is 114 Å². The van der Waals surface area contributed by atoms with Crippen LogP contribution in [-0.2, 0) is 112 Å². The first kappa shape index (κ1) is 115. The molecule has 0 aromatic heterocycles. The van der Waals surface area contributed by atoms with Gasteiger partial charge in [0.1, 0.15) is 82.4 Å². The first-order valence-electron chi connectivity index (χ1n) is 51.7. The molecule has 0 spiro atoms. The van der Waals surface area contributed by atoms with E-state index >= 15 is 0 Å². The SMILES string of the molecule is CC(C)(C)[C@H](NC(=O)N[C@H](C(=O)OCc1ccccc1)C1(C(F)(F)F)CC1)C(=O)N1C[C@H]2[C@@H]([C@H]1C(=O)NC(CC1CCC1)C(=O)C(N)=O)C2(Cl)Cl.CC(C)(C)[C@H](NC(=O)N[C@H](C(=O)OCc1ccccc1)C1CCCCC1)C(=O)N1C[C@H]2[C@@H]([C@H]1C(=O)NC(CC1CCC1)C(=O)C(N)=O)C2(C)C.CC(C)[C@H](NC(=O)N[C@H](C(=O)N1C[C@H]2[C@@H]([C@H]1C(=O)NC(CC1CC1)C(=O)C(N)=O)C2(Cl)Cl)C(C)(C)C)C(=O)OC1Cc2ccccc2C1. The van der Waals surface area contributed by atoms with Gasteiger partial charge in [0.05, 0.1) is 23.5 Å². The summed E-state index contributed by atoms with van der Waals surface area (Å²) in [5.74, 6) is -14.7. The number of likely N-dealkylation sites (tertiary alicyclic amines) is 3. The van der Waals surface area contributed by atoms with Crippen molar-refractivity contribution in [3.05, 3.63) is 107 Å². The third-order valence-corrected chi connectivity index (χ3v) is 34.3. The average Bonchev–Trinajstić information content (AvgIpc) is 1.53. The van der Waals surface area contributed by atoms with Crippen LogP contribution in [0.25, 0.3) is 0 Å². The van der Waals surface area contributed by atoms with E-state index in [1.54, 1.807) is 85.7 Å². The highest BCUT2D eigenvalue weighted by molar-refractivity contribution is 6.52. The van der Waals surface area contributed by atoms with Crippen LogP contribution in [-0.4, -0.2) is 234 Å². The quantitative estimate of drug-likeness (QED) is 0.0110. The second-order valence-corrected chi connectivity index (χ2v) is 49.7. The lowest BCUT2D eigenvalue weighted by Crippen LogP contribution is -2.63. The van der Waals surface area contributed by atoms with E-state index in [1.165, 1.54) is 14.7 Å². The van der Waals surface area contributed by atoms with E-state index in [2.05, 4.69) is 61.7 Å². The number of nitrogens with two attached hydrogens (primary N) is 3. The molecule has 9 aliphatic carbocycles. The first-order valence-corrected chi connectivity index (χ1v) is 53.2. The van der Waals surface area contributed by atoms with Crippen LogP contribution >= 0.6 is 46.4 Å². The van der Waals surface area contributed by atoms with Gasteiger partial charge in [-0.25, -0.2) is 28.8 Å². The van der Waals surface area contributed by atoms with Gasteiger partial charge in [0, 0.05) is 56.1 Å². The molecule has 8 saturated carbocycles. The zero-order valence-corrected chi connectivity index (χ0v) is 89.4. The summed E-state index contributed by atoms with van der Waals surface area (Å²) in [6, 6.07) is 8.54. The van der Waals surface area contributed by atoms with Gasteiger partial charge < -0.3 is 94.0 Å². The van der Waals surface area contributed by atoms with Crippen LogP contribution < -0.4 is 65.1 Å². The molecule has 18 atom stereocenters. The lowest BCUT2D eigenvalue weighted by molar-refractivity contribution is -0.202. The number of carbonyl (C=O) groups is 18. The Labute approximate surface area is 885 Å². The highest BCUT2D eigenvalue weighted by Crippen LogP contribution is 2.68. The van der Waals surface area contributed by atoms with Gasteiger partial charge in [0.25, 0.3) is 17.7 Å². The molecule has 15 N–H and O–H groups in total. The number of urea groups is 3. The van der Waals surface area contributed by atoms with Crippen molar-refractivity contribution in [3.8, 4) is 0 Å². The van der Waals surface area contributed by atoms with E-state index in [9.17, 15) is 99.5 Å². The van der Waals surface area contributed by atoms with Crippen molar-refractivity contribution >= 4 is 153 Å². The summed E-state index contributed by atoms with van der Waals surface area (Å²) < 4.78 is 56.8. The molecule has 43 heteroatoms. The molecule has 36 nitrogen and oxygen atoms in total. The standard InChI is InChI=1S/C38H55N5O7.C34H42Cl2F3N5O7.C34H45Cl2N5O7/c1-37(2,3)31(42-36(49)41-28(24-17-10-7-11-18-24)35(48)50-21-23-13-8-6-9-14-23)34(47)43-20-25-27(38(25,4)5)29(43)33(46)40-26(30(44)32(39)45)19-22-15-12-16-22;1-31(2,3)24(42-30(50)43-25(32(12-13-32)34(37,38)39)29(49)51-16-18-8-5-4-6-9-18)28(48)44-15-19-21(33(19,35)36)22(44)27(47)41-20(23(45)26(40)46)14-17-10-7-11-17;1-16(2)24(31(46)48-20-13-18-8-6-7-9-19(18)14-20)39-32(47)40-27(33(3,4)5)30(45)41-15-21-23(34(21,35)36)25(41)29(44)38-22(12-17-10-11-17)26(42)28(37)43/h6,8-9,13-14,22,24-29,31H,7,10-12,15-21H2,1-5H3,(H2,39,45)(H,40,46)(H2,41,42,49);4-6,8-9,17,19-22,24-25H,7,10-16H2,1-3H3,(H2,40,46)(H,41,47)(H2,42,43,50);6-9,16-17,20-25,27H,10-15H2,1-5H3,(H2,37,43)(H,38,44)(H2,39,40,47)/t25-,26?,27-,28-,29-,31+;19-,20?,21-,22-,24+,25+;21-,22?,23-,24-,25-,27+/m000/s1. The van der Waals surface area contributed by atoms with E-state index < -0.39 is 252 Å². The number of amides is 15. The lowest BCUT2D eigenvalue weighted by atomic mass is 9.80. The van der Waals surface area contributed by atoms with Crippen molar-refractivity contribution in [2.45, 2.75) is 325 Å². The van der Waals surface area contributed by atoms with E-state index in [-0.39, 0.29) is 92.1 Å². The van der Waals surface area contributed by atoms with Gasteiger partial charge in [0.15, 0.2) is 0 Å². The number of esters is 3. The van der Waals surface area contributed by atoms with Gasteiger partial charge in [-0.3, -0.25) is 57.5 Å². The maximum absolute atomic E-state index is 14.4. The number of primary amides is 3. The Hall–Kier alpha value is -10.9. The fourth-order valence-electron chi connectivity index (χ4n) is 22.3. The summed E-state index contributed by atoms with van der Waals surface area (Å²) in [5, 5.41) is 23.8. The highest BCUT2D eigenvalue weighted by atomic mass is 35.5. The number of nitrogens with zero attached hydrogens (tertiary/aromatic N) is 3. The molecule has 3 aromatic carbocycles. The molecule has 3 aliphatic heterocycles. The molecule has 12 aliphatic rings. The van der Waals surface area contributed by atoms with E-state index in [0.717, 1.165) is 100 Å². The predicted molar refractivity (Wildman–Crippen MR) is 541 cm³/mol. The fourth-order valence-corrected chi connectivity index (χ4v) is 24.0. The smallest absolute Gasteiger partial charge is 0.397 e. The maximum atomic E-state index is 14.4. The number of rotatable bonds is 38. The Kier molecular flexibility index (Phi) is 35.5. The number of benzene rings is 3.